The molecule has 0 radical (unpaired) electrons. The first-order valence-corrected chi connectivity index (χ1v) is 12.7. The second-order valence-corrected chi connectivity index (χ2v) is 10.0. The molecule has 1 aliphatic heterocycles. The number of halogens is 3. The van der Waals surface area contributed by atoms with Crippen molar-refractivity contribution in [3.8, 4) is 17.9 Å². The zero-order valence-electron chi connectivity index (χ0n) is 21.3. The number of carbonyl (C=O) groups is 1. The lowest BCUT2D eigenvalue weighted by Crippen LogP contribution is -2.38. The van der Waals surface area contributed by atoms with E-state index in [2.05, 4.69) is 21.8 Å². The summed E-state index contributed by atoms with van der Waals surface area (Å²) in [5.41, 5.74) is 6.37. The minimum atomic E-state index is -2.21. The third-order valence-corrected chi connectivity index (χ3v) is 7.39. The Morgan fingerprint density at radius 2 is 2.11 bits per heavy atom. The van der Waals surface area contributed by atoms with Gasteiger partial charge in [-0.3, -0.25) is 4.79 Å². The number of aromatic nitrogens is 2. The molecule has 38 heavy (non-hydrogen) atoms. The number of hydrogen-bond acceptors (Lipinski definition) is 5. The molecule has 2 aliphatic carbocycles. The Morgan fingerprint density at radius 3 is 2.84 bits per heavy atom. The lowest BCUT2D eigenvalue weighted by atomic mass is 9.79. The maximum Gasteiger partial charge on any atom is 0.316 e. The molecule has 3 atom stereocenters. The fraction of sp³-hybridized carbons (Fsp3) is 0.414. The van der Waals surface area contributed by atoms with Crippen molar-refractivity contribution in [1.82, 2.24) is 14.9 Å². The Hall–Kier alpha value is -3.80. The van der Waals surface area contributed by atoms with Crippen molar-refractivity contribution < 1.29 is 22.7 Å². The molecule has 0 spiro atoms. The van der Waals surface area contributed by atoms with Gasteiger partial charge in [0, 0.05) is 30.2 Å². The average molecular weight is 523 g/mol. The highest BCUT2D eigenvalue weighted by atomic mass is 19.1. The number of rotatable bonds is 6. The predicted molar refractivity (Wildman–Crippen MR) is 137 cm³/mol. The van der Waals surface area contributed by atoms with Crippen LogP contribution in [-0.2, 0) is 10.5 Å². The molecule has 1 aromatic carbocycles. The number of allylic oxidation sites excluding steroid dienone is 4. The van der Waals surface area contributed by atoms with Crippen LogP contribution in [0.1, 0.15) is 62.3 Å². The first-order chi connectivity index (χ1) is 18.2. The SMILES string of the molecule is CC#CC(=O)N1C[C@H](F)C[C@H]1COc1nccc(C2(F)CC=C(C)C(c3c(F)cccc3C3CC3)=C2N)n1. The number of benzene rings is 1. The lowest BCUT2D eigenvalue weighted by Gasteiger charge is -2.32. The topological polar surface area (TPSA) is 81.3 Å². The summed E-state index contributed by atoms with van der Waals surface area (Å²) < 4.78 is 51.6. The van der Waals surface area contributed by atoms with E-state index in [0.29, 0.717) is 16.7 Å². The van der Waals surface area contributed by atoms with Gasteiger partial charge in [-0.2, -0.15) is 4.98 Å². The van der Waals surface area contributed by atoms with Gasteiger partial charge in [-0.05, 0) is 61.8 Å². The number of alkyl halides is 2. The first-order valence-electron chi connectivity index (χ1n) is 12.7. The van der Waals surface area contributed by atoms with Gasteiger partial charge < -0.3 is 15.4 Å². The minimum absolute atomic E-state index is 0.0230. The van der Waals surface area contributed by atoms with Crippen molar-refractivity contribution in [2.75, 3.05) is 13.2 Å². The Labute approximate surface area is 219 Å². The molecule has 3 aliphatic rings. The van der Waals surface area contributed by atoms with Gasteiger partial charge in [-0.1, -0.05) is 24.1 Å². The normalized spacial score (nSPS) is 25.1. The molecule has 1 unspecified atom stereocenters. The molecule has 1 saturated carbocycles. The average Bonchev–Trinajstić information content (AvgIpc) is 3.68. The molecule has 0 bridgehead atoms. The fourth-order valence-corrected chi connectivity index (χ4v) is 5.28. The van der Waals surface area contributed by atoms with Crippen molar-refractivity contribution in [3.63, 3.8) is 0 Å². The van der Waals surface area contributed by atoms with Crippen molar-refractivity contribution in [3.05, 3.63) is 70.4 Å². The zero-order valence-corrected chi connectivity index (χ0v) is 21.3. The number of carbonyl (C=O) groups excluding carboxylic acids is 1. The third-order valence-electron chi connectivity index (χ3n) is 7.39. The quantitative estimate of drug-likeness (QED) is 0.556. The molecule has 6 nitrogen and oxygen atoms in total. The van der Waals surface area contributed by atoms with E-state index in [1.165, 1.54) is 30.2 Å². The lowest BCUT2D eigenvalue weighted by molar-refractivity contribution is -0.126. The monoisotopic (exact) mass is 522 g/mol. The van der Waals surface area contributed by atoms with Crippen LogP contribution in [0.3, 0.4) is 0 Å². The third kappa shape index (κ3) is 4.75. The number of amides is 1. The van der Waals surface area contributed by atoms with E-state index in [9.17, 15) is 9.18 Å². The van der Waals surface area contributed by atoms with Gasteiger partial charge in [0.25, 0.3) is 5.91 Å². The van der Waals surface area contributed by atoms with Crippen LogP contribution in [-0.4, -0.2) is 46.1 Å². The van der Waals surface area contributed by atoms with E-state index in [1.54, 1.807) is 19.1 Å². The molecule has 5 rings (SSSR count). The minimum Gasteiger partial charge on any atom is -0.461 e. The maximum atomic E-state index is 16.7. The Morgan fingerprint density at radius 1 is 1.32 bits per heavy atom. The highest BCUT2D eigenvalue weighted by Gasteiger charge is 2.43. The summed E-state index contributed by atoms with van der Waals surface area (Å²) in [5, 5.41) is 0. The second-order valence-electron chi connectivity index (χ2n) is 10.0. The van der Waals surface area contributed by atoms with E-state index in [-0.39, 0.29) is 49.3 Å². The fourth-order valence-electron chi connectivity index (χ4n) is 5.28. The number of nitrogens with zero attached hydrogens (tertiary/aromatic N) is 3. The molecule has 1 saturated heterocycles. The molecule has 1 amide bonds. The molecule has 2 aromatic rings. The first kappa shape index (κ1) is 25.8. The van der Waals surface area contributed by atoms with E-state index in [1.807, 2.05) is 6.07 Å². The predicted octanol–water partition coefficient (Wildman–Crippen LogP) is 4.72. The van der Waals surface area contributed by atoms with Gasteiger partial charge in [0.15, 0.2) is 5.67 Å². The number of ether oxygens (including phenoxy) is 1. The Kier molecular flexibility index (Phi) is 6.91. The van der Waals surface area contributed by atoms with Crippen LogP contribution in [0.4, 0.5) is 13.2 Å². The highest BCUT2D eigenvalue weighted by Crippen LogP contribution is 2.49. The van der Waals surface area contributed by atoms with Gasteiger partial charge in [-0.25, -0.2) is 18.2 Å². The molecule has 198 valence electrons. The molecular weight excluding hydrogens is 493 g/mol. The van der Waals surface area contributed by atoms with Crippen molar-refractivity contribution in [2.24, 2.45) is 5.73 Å². The summed E-state index contributed by atoms with van der Waals surface area (Å²) >= 11 is 0. The van der Waals surface area contributed by atoms with Crippen LogP contribution in [0.5, 0.6) is 6.01 Å². The number of likely N-dealkylation sites (tertiary alicyclic amines) is 1. The largest absolute Gasteiger partial charge is 0.461 e. The standard InChI is InChI=1S/C29H29F3N4O2/c1-3-5-24(37)36-15-19(30)14-20(36)16-38-28-34-13-11-23(35-28)29(32)12-10-17(2)25(27(29)33)26-21(18-8-9-18)6-4-7-22(26)31/h4,6-7,10-11,13,18-20H,8-9,12,14-16,33H2,1-2H3/t19-,20+,29?/m1/s1. The van der Waals surface area contributed by atoms with Gasteiger partial charge in [-0.15, -0.1) is 0 Å². The molecule has 1 aromatic heterocycles. The summed E-state index contributed by atoms with van der Waals surface area (Å²) in [5.74, 6) is 4.26. The van der Waals surface area contributed by atoms with Crippen LogP contribution in [0.25, 0.3) is 5.57 Å². The van der Waals surface area contributed by atoms with E-state index < -0.39 is 29.6 Å². The highest BCUT2D eigenvalue weighted by molar-refractivity contribution is 5.94. The molecule has 2 heterocycles. The van der Waals surface area contributed by atoms with Crippen molar-refractivity contribution >= 4 is 11.5 Å². The van der Waals surface area contributed by atoms with Crippen molar-refractivity contribution in [2.45, 2.75) is 63.3 Å². The molecule has 2 fully saturated rings. The summed E-state index contributed by atoms with van der Waals surface area (Å²) in [6.45, 7) is 3.20. The van der Waals surface area contributed by atoms with E-state index in [4.69, 9.17) is 10.5 Å². The van der Waals surface area contributed by atoms with Gasteiger partial charge in [0.1, 0.15) is 18.6 Å². The van der Waals surface area contributed by atoms with Gasteiger partial charge >= 0.3 is 6.01 Å². The van der Waals surface area contributed by atoms with Crippen LogP contribution >= 0.6 is 0 Å². The second kappa shape index (κ2) is 10.2. The Bertz CT molecular complexity index is 1390. The summed E-state index contributed by atoms with van der Waals surface area (Å²) in [7, 11) is 0. The zero-order chi connectivity index (χ0) is 27.0. The van der Waals surface area contributed by atoms with Gasteiger partial charge in [0.2, 0.25) is 0 Å². The van der Waals surface area contributed by atoms with Crippen LogP contribution in [0.15, 0.2) is 47.8 Å². The number of nitrogens with two attached hydrogens (primary N) is 1. The number of hydrogen-bond donors (Lipinski definition) is 1. The summed E-state index contributed by atoms with van der Waals surface area (Å²) in [4.78, 5) is 21.9. The van der Waals surface area contributed by atoms with Crippen LogP contribution in [0.2, 0.25) is 0 Å². The summed E-state index contributed by atoms with van der Waals surface area (Å²) in [6.07, 6.45) is 3.80. The van der Waals surface area contributed by atoms with Gasteiger partial charge in [0.05, 0.1) is 24.0 Å². The van der Waals surface area contributed by atoms with Crippen molar-refractivity contribution in [1.29, 1.82) is 0 Å². The molecule has 9 heteroatoms. The smallest absolute Gasteiger partial charge is 0.316 e. The van der Waals surface area contributed by atoms with Crippen LogP contribution < -0.4 is 10.5 Å². The molecular formula is C29H29F3N4O2. The molecule has 2 N–H and O–H groups in total. The van der Waals surface area contributed by atoms with Crippen LogP contribution in [0, 0.1) is 17.7 Å². The summed E-state index contributed by atoms with van der Waals surface area (Å²) in [6, 6.07) is 5.64. The van der Waals surface area contributed by atoms with E-state index >= 15 is 8.78 Å². The Balaban J connectivity index is 1.43. The van der Waals surface area contributed by atoms with E-state index in [0.717, 1.165) is 18.4 Å². The maximum absolute atomic E-state index is 16.7.